The predicted octanol–water partition coefficient (Wildman–Crippen LogP) is 6.31. The van der Waals surface area contributed by atoms with Crippen molar-refractivity contribution in [2.75, 3.05) is 140 Å². The van der Waals surface area contributed by atoms with Crippen molar-refractivity contribution in [2.45, 2.75) is 203 Å². The van der Waals surface area contributed by atoms with Gasteiger partial charge in [-0.3, -0.25) is 0 Å². The molecule has 0 N–H and O–H groups in total. The zero-order valence-corrected chi connectivity index (χ0v) is 54.8. The van der Waals surface area contributed by atoms with Crippen LogP contribution in [-0.2, 0) is 99.5 Å². The largest absolute Gasteiger partial charge is 0.384 e. The van der Waals surface area contributed by atoms with E-state index in [1.807, 2.05) is 28.4 Å². The second kappa shape index (κ2) is 28.2. The molecule has 0 aromatic heterocycles. The molecule has 4 saturated carbocycles. The number of ether oxygens (including phenoxy) is 21. The smallest absolute Gasteiger partial charge is 0.187 e. The maximum absolute atomic E-state index is 7.67. The normalized spacial score (nSPS) is 48.4. The molecular formula is C63H110O21. The van der Waals surface area contributed by atoms with Gasteiger partial charge in [0.2, 0.25) is 0 Å². The van der Waals surface area contributed by atoms with Gasteiger partial charge in [-0.2, -0.15) is 0 Å². The van der Waals surface area contributed by atoms with Crippen molar-refractivity contribution in [3.63, 3.8) is 0 Å². The average Bonchev–Trinajstić information content (AvgIpc) is 0.819. The second-order valence-electron chi connectivity index (χ2n) is 27.0. The van der Waals surface area contributed by atoms with E-state index in [1.165, 1.54) is 5.57 Å². The summed E-state index contributed by atoms with van der Waals surface area (Å²) in [5.41, 5.74) is 0.0439. The summed E-state index contributed by atoms with van der Waals surface area (Å²) in [6, 6.07) is 0. The Morgan fingerprint density at radius 3 is 1.37 bits per heavy atom. The summed E-state index contributed by atoms with van der Waals surface area (Å²) >= 11 is 0. The van der Waals surface area contributed by atoms with Crippen LogP contribution in [0.3, 0.4) is 0 Å². The molecule has 21 nitrogen and oxygen atoms in total. The molecule has 8 aliphatic rings. The van der Waals surface area contributed by atoms with E-state index in [1.54, 1.807) is 78.2 Å². The van der Waals surface area contributed by atoms with Crippen LogP contribution < -0.4 is 0 Å². The Hall–Kier alpha value is -1.10. The van der Waals surface area contributed by atoms with Crippen LogP contribution in [0.1, 0.15) is 86.5 Å². The summed E-state index contributed by atoms with van der Waals surface area (Å²) in [4.78, 5) is 0. The molecule has 0 aromatic carbocycles. The van der Waals surface area contributed by atoms with Crippen LogP contribution in [0.4, 0.5) is 0 Å². The Labute approximate surface area is 502 Å². The van der Waals surface area contributed by atoms with E-state index in [0.717, 1.165) is 44.9 Å². The topological polar surface area (TPSA) is 194 Å². The Morgan fingerprint density at radius 1 is 0.429 bits per heavy atom. The lowest BCUT2D eigenvalue weighted by atomic mass is 9.33. The minimum Gasteiger partial charge on any atom is -0.384 e. The number of fused-ring (bicyclic) bond motifs is 7. The van der Waals surface area contributed by atoms with Gasteiger partial charge in [-0.05, 0) is 84.4 Å². The first-order valence-corrected chi connectivity index (χ1v) is 30.6. The molecule has 0 unspecified atom stereocenters. The molecule has 27 atom stereocenters. The van der Waals surface area contributed by atoms with Gasteiger partial charge in [-0.15, -0.1) is 0 Å². The van der Waals surface area contributed by atoms with E-state index >= 15 is 0 Å². The van der Waals surface area contributed by atoms with Gasteiger partial charge >= 0.3 is 0 Å². The monoisotopic (exact) mass is 1200 g/mol. The van der Waals surface area contributed by atoms with E-state index < -0.39 is 103 Å². The van der Waals surface area contributed by atoms with Gasteiger partial charge in [0.1, 0.15) is 73.2 Å². The highest BCUT2D eigenvalue weighted by Gasteiger charge is 2.74. The van der Waals surface area contributed by atoms with Crippen LogP contribution >= 0.6 is 0 Å². The molecule has 5 aliphatic carbocycles. The Balaban J connectivity index is 1.17. The van der Waals surface area contributed by atoms with Crippen molar-refractivity contribution in [1.29, 1.82) is 0 Å². The Bertz CT molecular complexity index is 2110. The van der Waals surface area contributed by atoms with E-state index in [-0.39, 0.29) is 77.7 Å². The van der Waals surface area contributed by atoms with Crippen LogP contribution in [-0.4, -0.2) is 256 Å². The average molecular weight is 1200 g/mol. The molecule has 488 valence electrons. The maximum atomic E-state index is 7.67. The molecule has 0 radical (unpaired) electrons. The number of methoxy groups -OCH3 is 15. The standard InChI is InChI=1S/C63H110O21/c1-58(2)28-36-35-22-23-41-59(3)26-25-42(60(4,33-67-10)40(59)24-27-61(41,5)62(35,6)29-43(69-12)63(36,34-68-11)54(78-21)53(58)77-20)82-57-52(84-56-51(76-19)48(73-16)45(71-14)38(80-56)31-65-8)49(74-17)46(39(81-57)32-66-9)83-55-50(75-18)47(72-15)44(70-13)37(79-55)30-64-7/h22,36-57H,23-34H2,1-21H3/t36-,37+,38+,39+,40+,41+,42-,43+,44+,45+,46+,47-,48-,49-,50+,51+,52+,53-,54-,55-,56-,57-,59-,60+,61+,62+,63-/m0/s1. The van der Waals surface area contributed by atoms with Gasteiger partial charge in [0.05, 0.1) is 62.9 Å². The fourth-order valence-corrected chi connectivity index (χ4v) is 19.2. The third kappa shape index (κ3) is 11.5. The molecule has 8 rings (SSSR count). The van der Waals surface area contributed by atoms with Crippen LogP contribution in [0, 0.1) is 50.2 Å². The lowest BCUT2D eigenvalue weighted by Crippen LogP contribution is -2.72. The van der Waals surface area contributed by atoms with Crippen LogP contribution in [0.15, 0.2) is 11.6 Å². The summed E-state index contributed by atoms with van der Waals surface area (Å²) in [6.07, 6.45) is -3.70. The van der Waals surface area contributed by atoms with Crippen molar-refractivity contribution in [3.05, 3.63) is 11.6 Å². The summed E-state index contributed by atoms with van der Waals surface area (Å²) in [5.74, 6) is 0.690. The van der Waals surface area contributed by atoms with Crippen molar-refractivity contribution in [2.24, 2.45) is 50.2 Å². The molecule has 0 spiro atoms. The molecule has 7 fully saturated rings. The molecule has 0 aromatic rings. The van der Waals surface area contributed by atoms with Gasteiger partial charge in [-0.25, -0.2) is 0 Å². The van der Waals surface area contributed by atoms with E-state index in [9.17, 15) is 0 Å². The molecule has 0 bridgehead atoms. The van der Waals surface area contributed by atoms with Crippen molar-refractivity contribution in [3.8, 4) is 0 Å². The number of rotatable bonds is 26. The Morgan fingerprint density at radius 2 is 0.905 bits per heavy atom. The summed E-state index contributed by atoms with van der Waals surface area (Å²) in [6.45, 7) is 16.2. The van der Waals surface area contributed by atoms with E-state index in [2.05, 4.69) is 47.6 Å². The summed E-state index contributed by atoms with van der Waals surface area (Å²) < 4.78 is 136. The van der Waals surface area contributed by atoms with Crippen LogP contribution in [0.25, 0.3) is 0 Å². The third-order valence-corrected chi connectivity index (χ3v) is 23.0. The summed E-state index contributed by atoms with van der Waals surface area (Å²) in [7, 11) is 25.2. The van der Waals surface area contributed by atoms with Gasteiger partial charge in [-0.1, -0.05) is 53.2 Å². The molecule has 21 heteroatoms. The van der Waals surface area contributed by atoms with E-state index in [0.29, 0.717) is 19.1 Å². The molecule has 84 heavy (non-hydrogen) atoms. The summed E-state index contributed by atoms with van der Waals surface area (Å²) in [5, 5.41) is 0. The molecule has 0 amide bonds. The first-order valence-electron chi connectivity index (χ1n) is 30.6. The van der Waals surface area contributed by atoms with Crippen LogP contribution in [0.2, 0.25) is 0 Å². The van der Waals surface area contributed by atoms with Gasteiger partial charge < -0.3 is 99.5 Å². The molecular weight excluding hydrogens is 1090 g/mol. The third-order valence-electron chi connectivity index (χ3n) is 23.0. The number of hydrogen-bond acceptors (Lipinski definition) is 21. The quantitative estimate of drug-likeness (QED) is 0.0690. The minimum absolute atomic E-state index is 0.0774. The lowest BCUT2D eigenvalue weighted by molar-refractivity contribution is -0.401. The lowest BCUT2D eigenvalue weighted by Gasteiger charge is -2.73. The first-order chi connectivity index (χ1) is 40.2. The zero-order chi connectivity index (χ0) is 61.3. The molecule has 3 aliphatic heterocycles. The minimum atomic E-state index is -1.07. The zero-order valence-electron chi connectivity index (χ0n) is 54.8. The predicted molar refractivity (Wildman–Crippen MR) is 307 cm³/mol. The van der Waals surface area contributed by atoms with Crippen molar-refractivity contribution in [1.82, 2.24) is 0 Å². The molecule has 3 heterocycles. The Kier molecular flexibility index (Phi) is 23.1. The highest BCUT2D eigenvalue weighted by molar-refractivity contribution is 5.37. The SMILES string of the molecule is COC[C@H]1O[C@@H](O[C@H]2[C@H](O[C@H]3CC[C@@]4(C)[C@@H](CC[C@]5(C)[C@@H]4CC=C4[C@@H]6CC(C)(C)[C@@H](OC)[C@H](OC)[C@]6(COC)[C@H](OC)C[C@]45C)[C@@]3(C)COC)O[C@H](COC)[C@@H](O[C@@H]3O[C@H](COC)[C@@H](OC)[C@H](OC)[C@H]3OC)[C@@H]2OC)[C@H](OC)[C@@H](OC)[C@@H]1OC. The van der Waals surface area contributed by atoms with Crippen molar-refractivity contribution >= 4 is 0 Å². The maximum Gasteiger partial charge on any atom is 0.187 e. The van der Waals surface area contributed by atoms with Gasteiger partial charge in [0, 0.05) is 112 Å². The number of hydrogen-bond donors (Lipinski definition) is 0. The highest BCUT2D eigenvalue weighted by Crippen LogP contribution is 2.76. The highest BCUT2D eigenvalue weighted by atomic mass is 16.8. The molecule has 3 saturated heterocycles. The van der Waals surface area contributed by atoms with Crippen LogP contribution in [0.5, 0.6) is 0 Å². The first kappa shape index (κ1) is 68.8. The van der Waals surface area contributed by atoms with Gasteiger partial charge in [0.15, 0.2) is 18.9 Å². The second-order valence-corrected chi connectivity index (χ2v) is 27.0. The number of allylic oxidation sites excluding steroid dienone is 2. The fraction of sp³-hybridized carbons (Fsp3) is 0.968. The van der Waals surface area contributed by atoms with Gasteiger partial charge in [0.25, 0.3) is 0 Å². The fourth-order valence-electron chi connectivity index (χ4n) is 19.2. The van der Waals surface area contributed by atoms with E-state index in [4.69, 9.17) is 99.5 Å². The van der Waals surface area contributed by atoms with Crippen molar-refractivity contribution < 1.29 is 99.5 Å².